The second-order valence-electron chi connectivity index (χ2n) is 5.50. The number of para-hydroxylation sites is 1. The number of benzene rings is 1. The van der Waals surface area contributed by atoms with E-state index in [1.54, 1.807) is 6.07 Å². The molecule has 6 nitrogen and oxygen atoms in total. The van der Waals surface area contributed by atoms with Crippen LogP contribution in [0.3, 0.4) is 0 Å². The maximum absolute atomic E-state index is 12.3. The molecule has 2 unspecified atom stereocenters. The molecule has 7 heteroatoms. The molecule has 2 rings (SSSR count). The number of piperidine rings is 1. The van der Waals surface area contributed by atoms with Crippen LogP contribution in [0.1, 0.15) is 23.7 Å². The van der Waals surface area contributed by atoms with Crippen molar-refractivity contribution in [2.45, 2.75) is 19.4 Å². The SMILES string of the molecule is CC1CN(C)CCC1NC(=O)c1cccc(Cl)c1[N+](=O)[O-]. The monoisotopic (exact) mass is 311 g/mol. The van der Waals surface area contributed by atoms with Gasteiger partial charge in [0.1, 0.15) is 10.6 Å². The molecule has 0 radical (unpaired) electrons. The molecule has 1 saturated heterocycles. The lowest BCUT2D eigenvalue weighted by molar-refractivity contribution is -0.385. The van der Waals surface area contributed by atoms with E-state index in [2.05, 4.69) is 17.1 Å². The number of carbonyl (C=O) groups excluding carboxylic acids is 1. The van der Waals surface area contributed by atoms with E-state index in [1.807, 2.05) is 7.05 Å². The predicted octanol–water partition coefficient (Wildman–Crippen LogP) is 2.32. The van der Waals surface area contributed by atoms with Crippen molar-refractivity contribution in [2.24, 2.45) is 5.92 Å². The highest BCUT2D eigenvalue weighted by atomic mass is 35.5. The van der Waals surface area contributed by atoms with Gasteiger partial charge in [-0.2, -0.15) is 0 Å². The number of nitro groups is 1. The highest BCUT2D eigenvalue weighted by molar-refractivity contribution is 6.33. The molecular weight excluding hydrogens is 294 g/mol. The molecule has 1 heterocycles. The van der Waals surface area contributed by atoms with Crippen molar-refractivity contribution in [1.29, 1.82) is 0 Å². The number of nitrogens with one attached hydrogen (secondary N) is 1. The Labute approximate surface area is 128 Å². The second-order valence-corrected chi connectivity index (χ2v) is 5.91. The Morgan fingerprint density at radius 2 is 2.24 bits per heavy atom. The predicted molar refractivity (Wildman–Crippen MR) is 80.6 cm³/mol. The van der Waals surface area contributed by atoms with Crippen LogP contribution in [0, 0.1) is 16.0 Å². The molecule has 1 aliphatic heterocycles. The van der Waals surface area contributed by atoms with Crippen LogP contribution in [-0.4, -0.2) is 41.9 Å². The van der Waals surface area contributed by atoms with Crippen LogP contribution in [0.25, 0.3) is 0 Å². The van der Waals surface area contributed by atoms with Crippen molar-refractivity contribution >= 4 is 23.2 Å². The van der Waals surface area contributed by atoms with Crippen LogP contribution in [0.2, 0.25) is 5.02 Å². The van der Waals surface area contributed by atoms with Crippen LogP contribution in [0.4, 0.5) is 5.69 Å². The van der Waals surface area contributed by atoms with E-state index in [9.17, 15) is 14.9 Å². The first-order valence-corrected chi connectivity index (χ1v) is 7.20. The zero-order valence-electron chi connectivity index (χ0n) is 12.0. The third kappa shape index (κ3) is 3.51. The van der Waals surface area contributed by atoms with Crippen LogP contribution in [0.5, 0.6) is 0 Å². The van der Waals surface area contributed by atoms with Crippen molar-refractivity contribution in [1.82, 2.24) is 10.2 Å². The standard InChI is InChI=1S/C14H18ClN3O3/c1-9-8-17(2)7-6-12(9)16-14(19)10-4-3-5-11(15)13(10)18(20)21/h3-5,9,12H,6-8H2,1-2H3,(H,16,19). The normalized spacial score (nSPS) is 22.8. The van der Waals surface area contributed by atoms with E-state index in [-0.39, 0.29) is 22.3 Å². The number of hydrogen-bond acceptors (Lipinski definition) is 4. The first-order chi connectivity index (χ1) is 9.90. The van der Waals surface area contributed by atoms with E-state index < -0.39 is 10.8 Å². The molecule has 1 N–H and O–H groups in total. The zero-order valence-corrected chi connectivity index (χ0v) is 12.8. The Hall–Kier alpha value is -1.66. The van der Waals surface area contributed by atoms with Crippen molar-refractivity contribution in [3.8, 4) is 0 Å². The Morgan fingerprint density at radius 3 is 2.86 bits per heavy atom. The zero-order chi connectivity index (χ0) is 15.6. The molecule has 0 aromatic heterocycles. The molecule has 114 valence electrons. The molecule has 1 aromatic rings. The van der Waals surface area contributed by atoms with Gasteiger partial charge in [0.25, 0.3) is 5.91 Å². The van der Waals surface area contributed by atoms with Crippen molar-refractivity contribution in [3.63, 3.8) is 0 Å². The number of likely N-dealkylation sites (tertiary alicyclic amines) is 1. The summed E-state index contributed by atoms with van der Waals surface area (Å²) in [5, 5.41) is 14.0. The van der Waals surface area contributed by atoms with Gasteiger partial charge in [0, 0.05) is 12.6 Å². The van der Waals surface area contributed by atoms with E-state index >= 15 is 0 Å². The van der Waals surface area contributed by atoms with Crippen molar-refractivity contribution in [2.75, 3.05) is 20.1 Å². The fourth-order valence-electron chi connectivity index (χ4n) is 2.70. The number of nitro benzene ring substituents is 1. The first kappa shape index (κ1) is 15.7. The maximum Gasteiger partial charge on any atom is 0.300 e. The number of halogens is 1. The van der Waals surface area contributed by atoms with Gasteiger partial charge in [-0.1, -0.05) is 24.6 Å². The number of carbonyl (C=O) groups is 1. The average molecular weight is 312 g/mol. The minimum Gasteiger partial charge on any atom is -0.349 e. The molecular formula is C14H18ClN3O3. The Kier molecular flexibility index (Phi) is 4.80. The van der Waals surface area contributed by atoms with Gasteiger partial charge in [-0.25, -0.2) is 0 Å². The highest BCUT2D eigenvalue weighted by Gasteiger charge is 2.29. The quantitative estimate of drug-likeness (QED) is 0.686. The summed E-state index contributed by atoms with van der Waals surface area (Å²) in [6, 6.07) is 4.41. The van der Waals surface area contributed by atoms with Gasteiger partial charge in [-0.05, 0) is 38.1 Å². The third-order valence-corrected chi connectivity index (χ3v) is 4.14. The number of nitrogens with zero attached hydrogens (tertiary/aromatic N) is 2. The Morgan fingerprint density at radius 1 is 1.52 bits per heavy atom. The average Bonchev–Trinajstić information content (AvgIpc) is 2.41. The summed E-state index contributed by atoms with van der Waals surface area (Å²) in [7, 11) is 2.04. The van der Waals surface area contributed by atoms with Crippen LogP contribution < -0.4 is 5.32 Å². The summed E-state index contributed by atoms with van der Waals surface area (Å²) in [4.78, 5) is 25.0. The Balaban J connectivity index is 2.18. The van der Waals surface area contributed by atoms with Gasteiger partial charge in [0.05, 0.1) is 4.92 Å². The van der Waals surface area contributed by atoms with Gasteiger partial charge in [0.2, 0.25) is 0 Å². The minimum atomic E-state index is -0.616. The van der Waals surface area contributed by atoms with Gasteiger partial charge >= 0.3 is 5.69 Å². The fraction of sp³-hybridized carbons (Fsp3) is 0.500. The summed E-state index contributed by atoms with van der Waals surface area (Å²) >= 11 is 5.83. The second kappa shape index (κ2) is 6.41. The van der Waals surface area contributed by atoms with Crippen LogP contribution in [-0.2, 0) is 0 Å². The van der Waals surface area contributed by atoms with E-state index in [4.69, 9.17) is 11.6 Å². The molecule has 0 bridgehead atoms. The molecule has 21 heavy (non-hydrogen) atoms. The van der Waals surface area contributed by atoms with E-state index in [0.717, 1.165) is 19.5 Å². The Bertz CT molecular complexity index is 564. The van der Waals surface area contributed by atoms with E-state index in [1.165, 1.54) is 12.1 Å². The molecule has 1 aliphatic rings. The molecule has 1 amide bonds. The van der Waals surface area contributed by atoms with Crippen molar-refractivity contribution < 1.29 is 9.72 Å². The van der Waals surface area contributed by atoms with Crippen LogP contribution >= 0.6 is 11.6 Å². The molecule has 0 saturated carbocycles. The summed E-state index contributed by atoms with van der Waals surface area (Å²) in [5.74, 6) is -0.142. The molecule has 1 aromatic carbocycles. The van der Waals surface area contributed by atoms with Gasteiger partial charge in [0.15, 0.2) is 0 Å². The smallest absolute Gasteiger partial charge is 0.300 e. The lowest BCUT2D eigenvalue weighted by atomic mass is 9.94. The summed E-state index contributed by atoms with van der Waals surface area (Å²) < 4.78 is 0. The number of hydrogen-bond donors (Lipinski definition) is 1. The summed E-state index contributed by atoms with van der Waals surface area (Å²) in [6.07, 6.45) is 0.831. The minimum absolute atomic E-state index is 0.0126. The molecule has 0 spiro atoms. The van der Waals surface area contributed by atoms with Gasteiger partial charge in [-0.3, -0.25) is 14.9 Å². The fourth-order valence-corrected chi connectivity index (χ4v) is 2.94. The third-order valence-electron chi connectivity index (χ3n) is 3.84. The van der Waals surface area contributed by atoms with Gasteiger partial charge in [-0.15, -0.1) is 0 Å². The maximum atomic E-state index is 12.3. The van der Waals surface area contributed by atoms with Gasteiger partial charge < -0.3 is 10.2 Å². The summed E-state index contributed by atoms with van der Waals surface area (Å²) in [5.41, 5.74) is -0.323. The largest absolute Gasteiger partial charge is 0.349 e. The molecule has 0 aliphatic carbocycles. The van der Waals surface area contributed by atoms with Crippen molar-refractivity contribution in [3.05, 3.63) is 38.9 Å². The topological polar surface area (TPSA) is 75.5 Å². The highest BCUT2D eigenvalue weighted by Crippen LogP contribution is 2.28. The molecule has 1 fully saturated rings. The molecule has 2 atom stereocenters. The van der Waals surface area contributed by atoms with Crippen LogP contribution in [0.15, 0.2) is 18.2 Å². The lowest BCUT2D eigenvalue weighted by Gasteiger charge is -2.35. The summed E-state index contributed by atoms with van der Waals surface area (Å²) in [6.45, 7) is 3.85. The lowest BCUT2D eigenvalue weighted by Crippen LogP contribution is -2.48. The first-order valence-electron chi connectivity index (χ1n) is 6.82. The number of amides is 1. The number of rotatable bonds is 3. The van der Waals surface area contributed by atoms with E-state index in [0.29, 0.717) is 5.92 Å².